The summed E-state index contributed by atoms with van der Waals surface area (Å²) in [5.74, 6) is -0.910. The Morgan fingerprint density at radius 2 is 1.44 bits per heavy atom. The Labute approximate surface area is 151 Å². The van der Waals surface area contributed by atoms with Crippen LogP contribution in [0.1, 0.15) is 57.1 Å². The molecule has 2 aromatic carbocycles. The Bertz CT molecular complexity index is 694. The SMILES string of the molecule is CCCCCCCc1ccc(-c2ccc(C(C)=CC(=O)O)cc2)cc1. The molecule has 0 unspecified atom stereocenters. The number of aryl methyl sites for hydroxylation is 1. The largest absolute Gasteiger partial charge is 0.478 e. The fraction of sp³-hybridized carbons (Fsp3) is 0.348. The predicted molar refractivity (Wildman–Crippen MR) is 106 cm³/mol. The number of allylic oxidation sites excluding steroid dienone is 1. The van der Waals surface area contributed by atoms with E-state index in [1.54, 1.807) is 0 Å². The van der Waals surface area contributed by atoms with E-state index in [1.807, 2.05) is 31.2 Å². The first-order valence-electron chi connectivity index (χ1n) is 9.21. The fourth-order valence-corrected chi connectivity index (χ4v) is 2.99. The topological polar surface area (TPSA) is 37.3 Å². The monoisotopic (exact) mass is 336 g/mol. The molecular weight excluding hydrogens is 308 g/mol. The van der Waals surface area contributed by atoms with Gasteiger partial charge in [0.25, 0.3) is 0 Å². The molecule has 0 spiro atoms. The van der Waals surface area contributed by atoms with Crippen LogP contribution in [0.15, 0.2) is 54.6 Å². The molecule has 0 aliphatic rings. The van der Waals surface area contributed by atoms with E-state index in [0.717, 1.165) is 23.1 Å². The van der Waals surface area contributed by atoms with E-state index in [4.69, 9.17) is 5.11 Å². The summed E-state index contributed by atoms with van der Waals surface area (Å²) in [5, 5.41) is 8.83. The molecular formula is C23H28O2. The molecule has 2 rings (SSSR count). The molecule has 0 heterocycles. The van der Waals surface area contributed by atoms with E-state index in [2.05, 4.69) is 31.2 Å². The number of unbranched alkanes of at least 4 members (excludes halogenated alkanes) is 4. The van der Waals surface area contributed by atoms with Gasteiger partial charge in [0.1, 0.15) is 0 Å². The number of carboxylic acid groups (broad SMARTS) is 1. The summed E-state index contributed by atoms with van der Waals surface area (Å²) in [4.78, 5) is 10.8. The molecule has 0 aliphatic heterocycles. The van der Waals surface area contributed by atoms with Crippen LogP contribution in [0.4, 0.5) is 0 Å². The van der Waals surface area contributed by atoms with Crippen LogP contribution < -0.4 is 0 Å². The highest BCUT2D eigenvalue weighted by Gasteiger charge is 2.02. The molecule has 2 aromatic rings. The van der Waals surface area contributed by atoms with Gasteiger partial charge in [-0.1, -0.05) is 81.1 Å². The minimum atomic E-state index is -0.910. The van der Waals surface area contributed by atoms with Crippen LogP contribution in [-0.2, 0) is 11.2 Å². The average Bonchev–Trinajstić information content (AvgIpc) is 2.62. The number of rotatable bonds is 9. The zero-order valence-electron chi connectivity index (χ0n) is 15.3. The minimum Gasteiger partial charge on any atom is -0.478 e. The Hall–Kier alpha value is -2.35. The van der Waals surface area contributed by atoms with Gasteiger partial charge in [-0.2, -0.15) is 0 Å². The highest BCUT2D eigenvalue weighted by molar-refractivity contribution is 5.89. The van der Waals surface area contributed by atoms with Crippen molar-refractivity contribution in [3.63, 3.8) is 0 Å². The van der Waals surface area contributed by atoms with Crippen molar-refractivity contribution in [1.82, 2.24) is 0 Å². The Morgan fingerprint density at radius 1 is 0.880 bits per heavy atom. The summed E-state index contributed by atoms with van der Waals surface area (Å²) in [5.41, 5.74) is 5.45. The van der Waals surface area contributed by atoms with Crippen molar-refractivity contribution in [2.24, 2.45) is 0 Å². The van der Waals surface area contributed by atoms with Gasteiger partial charge in [0.05, 0.1) is 0 Å². The van der Waals surface area contributed by atoms with Crippen LogP contribution >= 0.6 is 0 Å². The molecule has 25 heavy (non-hydrogen) atoms. The number of carboxylic acids is 1. The van der Waals surface area contributed by atoms with Crippen molar-refractivity contribution < 1.29 is 9.90 Å². The van der Waals surface area contributed by atoms with Crippen molar-refractivity contribution in [2.75, 3.05) is 0 Å². The molecule has 0 bridgehead atoms. The maximum absolute atomic E-state index is 10.8. The van der Waals surface area contributed by atoms with E-state index in [1.165, 1.54) is 49.3 Å². The predicted octanol–water partition coefficient (Wildman–Crippen LogP) is 6.35. The number of hydrogen-bond acceptors (Lipinski definition) is 1. The van der Waals surface area contributed by atoms with Gasteiger partial charge in [-0.3, -0.25) is 0 Å². The standard InChI is InChI=1S/C23H28O2/c1-3-4-5-6-7-8-19-9-11-21(12-10-19)22-15-13-20(14-16-22)18(2)17-23(24)25/h9-17H,3-8H2,1-2H3,(H,24,25). The Kier molecular flexibility index (Phi) is 7.46. The van der Waals surface area contributed by atoms with Crippen molar-refractivity contribution in [3.8, 4) is 11.1 Å². The van der Waals surface area contributed by atoms with Gasteiger partial charge in [0, 0.05) is 6.08 Å². The maximum Gasteiger partial charge on any atom is 0.328 e. The molecule has 0 aromatic heterocycles. The van der Waals surface area contributed by atoms with Gasteiger partial charge in [0.15, 0.2) is 0 Å². The normalized spacial score (nSPS) is 11.5. The van der Waals surface area contributed by atoms with Crippen LogP contribution in [0.25, 0.3) is 16.7 Å². The molecule has 0 aliphatic carbocycles. The lowest BCUT2D eigenvalue weighted by Gasteiger charge is -2.07. The molecule has 0 fully saturated rings. The van der Waals surface area contributed by atoms with Crippen LogP contribution in [-0.4, -0.2) is 11.1 Å². The van der Waals surface area contributed by atoms with Crippen LogP contribution in [0, 0.1) is 0 Å². The van der Waals surface area contributed by atoms with Crippen LogP contribution in [0.5, 0.6) is 0 Å². The summed E-state index contributed by atoms with van der Waals surface area (Å²) in [7, 11) is 0. The first-order chi connectivity index (χ1) is 12.1. The molecule has 2 nitrogen and oxygen atoms in total. The summed E-state index contributed by atoms with van der Waals surface area (Å²) in [6, 6.07) is 16.9. The lowest BCUT2D eigenvalue weighted by Crippen LogP contribution is -1.90. The zero-order valence-corrected chi connectivity index (χ0v) is 15.3. The molecule has 0 amide bonds. The van der Waals surface area contributed by atoms with E-state index < -0.39 is 5.97 Å². The Balaban J connectivity index is 1.96. The molecule has 1 N–H and O–H groups in total. The van der Waals surface area contributed by atoms with E-state index >= 15 is 0 Å². The smallest absolute Gasteiger partial charge is 0.328 e. The van der Waals surface area contributed by atoms with Gasteiger partial charge in [-0.15, -0.1) is 0 Å². The van der Waals surface area contributed by atoms with E-state index in [-0.39, 0.29) is 0 Å². The van der Waals surface area contributed by atoms with Crippen molar-refractivity contribution >= 4 is 11.5 Å². The summed E-state index contributed by atoms with van der Waals surface area (Å²) < 4.78 is 0. The van der Waals surface area contributed by atoms with Gasteiger partial charge < -0.3 is 5.11 Å². The second kappa shape index (κ2) is 9.83. The van der Waals surface area contributed by atoms with Crippen LogP contribution in [0.2, 0.25) is 0 Å². The second-order valence-corrected chi connectivity index (χ2v) is 6.60. The van der Waals surface area contributed by atoms with Gasteiger partial charge >= 0.3 is 5.97 Å². The molecule has 0 saturated carbocycles. The van der Waals surface area contributed by atoms with Crippen molar-refractivity contribution in [3.05, 3.63) is 65.7 Å². The third kappa shape index (κ3) is 6.22. The summed E-state index contributed by atoms with van der Waals surface area (Å²) in [6.07, 6.45) is 8.96. The summed E-state index contributed by atoms with van der Waals surface area (Å²) in [6.45, 7) is 4.06. The molecule has 0 atom stereocenters. The van der Waals surface area contributed by atoms with E-state index in [9.17, 15) is 4.79 Å². The minimum absolute atomic E-state index is 0.762. The van der Waals surface area contributed by atoms with Crippen molar-refractivity contribution in [2.45, 2.75) is 52.4 Å². The summed E-state index contributed by atoms with van der Waals surface area (Å²) >= 11 is 0. The number of benzene rings is 2. The lowest BCUT2D eigenvalue weighted by molar-refractivity contribution is -0.131. The van der Waals surface area contributed by atoms with Crippen LogP contribution in [0.3, 0.4) is 0 Å². The van der Waals surface area contributed by atoms with Gasteiger partial charge in [-0.25, -0.2) is 4.79 Å². The molecule has 2 heteroatoms. The molecule has 132 valence electrons. The number of carbonyl (C=O) groups is 1. The fourth-order valence-electron chi connectivity index (χ4n) is 2.99. The first kappa shape index (κ1) is 19.0. The maximum atomic E-state index is 10.8. The van der Waals surface area contributed by atoms with E-state index in [0.29, 0.717) is 0 Å². The molecule has 0 radical (unpaired) electrons. The Morgan fingerprint density at radius 3 is 2.00 bits per heavy atom. The zero-order chi connectivity index (χ0) is 18.1. The van der Waals surface area contributed by atoms with Gasteiger partial charge in [-0.05, 0) is 47.6 Å². The quantitative estimate of drug-likeness (QED) is 0.427. The highest BCUT2D eigenvalue weighted by atomic mass is 16.4. The average molecular weight is 336 g/mol. The second-order valence-electron chi connectivity index (χ2n) is 6.60. The number of hydrogen-bond donors (Lipinski definition) is 1. The van der Waals surface area contributed by atoms with Crippen molar-refractivity contribution in [1.29, 1.82) is 0 Å². The number of aliphatic carboxylic acids is 1. The third-order valence-corrected chi connectivity index (χ3v) is 4.54. The van der Waals surface area contributed by atoms with Gasteiger partial charge in [0.2, 0.25) is 0 Å². The third-order valence-electron chi connectivity index (χ3n) is 4.54. The highest BCUT2D eigenvalue weighted by Crippen LogP contribution is 2.23. The first-order valence-corrected chi connectivity index (χ1v) is 9.21. The molecule has 0 saturated heterocycles. The lowest BCUT2D eigenvalue weighted by atomic mass is 9.98.